The van der Waals surface area contributed by atoms with E-state index in [2.05, 4.69) is 5.32 Å². The van der Waals surface area contributed by atoms with Crippen molar-refractivity contribution in [3.8, 4) is 0 Å². The van der Waals surface area contributed by atoms with Crippen LogP contribution in [0.2, 0.25) is 0 Å². The zero-order valence-corrected chi connectivity index (χ0v) is 9.35. The Morgan fingerprint density at radius 2 is 2.25 bits per heavy atom. The molecule has 0 spiro atoms. The third-order valence-electron chi connectivity index (χ3n) is 3.21. The first-order valence-electron chi connectivity index (χ1n) is 5.63. The molecule has 1 unspecified atom stereocenters. The molecule has 2 aliphatic heterocycles. The number of rotatable bonds is 1. The highest BCUT2D eigenvalue weighted by Crippen LogP contribution is 2.19. The molecular weight excluding hydrogens is 210 g/mol. The molecule has 90 valence electrons. The fourth-order valence-electron chi connectivity index (χ4n) is 2.42. The normalized spacial score (nSPS) is 30.4. The van der Waals surface area contributed by atoms with Crippen LogP contribution < -0.4 is 5.32 Å². The standard InChI is InChI=1S/C10H17N3O3/c1-7-5-13(9(14)11-7)8-3-2-4-12(6-8)10(15)16/h7-8H,2-6H2,1H3,(H,11,14)(H,15,16)/t7-,8?/m1/s1. The first-order chi connectivity index (χ1) is 7.58. The van der Waals surface area contributed by atoms with Crippen LogP contribution in [-0.4, -0.2) is 58.7 Å². The molecule has 6 nitrogen and oxygen atoms in total. The summed E-state index contributed by atoms with van der Waals surface area (Å²) in [6, 6.07) is 0.132. The van der Waals surface area contributed by atoms with E-state index in [1.54, 1.807) is 4.90 Å². The van der Waals surface area contributed by atoms with E-state index < -0.39 is 6.09 Å². The molecule has 2 aliphatic rings. The maximum atomic E-state index is 11.6. The topological polar surface area (TPSA) is 72.9 Å². The number of hydrogen-bond acceptors (Lipinski definition) is 2. The maximum Gasteiger partial charge on any atom is 0.407 e. The monoisotopic (exact) mass is 227 g/mol. The molecule has 0 saturated carbocycles. The summed E-state index contributed by atoms with van der Waals surface area (Å²) >= 11 is 0. The minimum absolute atomic E-state index is 0.0369. The van der Waals surface area contributed by atoms with Crippen molar-refractivity contribution in [3.05, 3.63) is 0 Å². The van der Waals surface area contributed by atoms with Crippen LogP contribution in [0.25, 0.3) is 0 Å². The summed E-state index contributed by atoms with van der Waals surface area (Å²) < 4.78 is 0. The van der Waals surface area contributed by atoms with Gasteiger partial charge in [0.05, 0.1) is 6.04 Å². The summed E-state index contributed by atoms with van der Waals surface area (Å²) in [4.78, 5) is 25.6. The maximum absolute atomic E-state index is 11.6. The van der Waals surface area contributed by atoms with Gasteiger partial charge in [0, 0.05) is 25.7 Å². The van der Waals surface area contributed by atoms with Crippen molar-refractivity contribution in [2.45, 2.75) is 31.8 Å². The number of urea groups is 1. The van der Waals surface area contributed by atoms with Crippen molar-refractivity contribution in [2.75, 3.05) is 19.6 Å². The predicted molar refractivity (Wildman–Crippen MR) is 57.3 cm³/mol. The molecule has 0 aromatic heterocycles. The minimum Gasteiger partial charge on any atom is -0.465 e. The number of carboxylic acid groups (broad SMARTS) is 1. The molecule has 6 heteroatoms. The Bertz CT molecular complexity index is 308. The smallest absolute Gasteiger partial charge is 0.407 e. The van der Waals surface area contributed by atoms with Gasteiger partial charge in [-0.15, -0.1) is 0 Å². The number of hydrogen-bond donors (Lipinski definition) is 2. The highest BCUT2D eigenvalue weighted by atomic mass is 16.4. The Morgan fingerprint density at radius 1 is 1.50 bits per heavy atom. The van der Waals surface area contributed by atoms with Crippen molar-refractivity contribution in [1.82, 2.24) is 15.1 Å². The molecule has 2 rings (SSSR count). The third kappa shape index (κ3) is 2.05. The Kier molecular flexibility index (Phi) is 2.89. The van der Waals surface area contributed by atoms with Gasteiger partial charge in [0.15, 0.2) is 0 Å². The van der Waals surface area contributed by atoms with Gasteiger partial charge < -0.3 is 20.2 Å². The average molecular weight is 227 g/mol. The Hall–Kier alpha value is -1.46. The molecule has 2 fully saturated rings. The van der Waals surface area contributed by atoms with Gasteiger partial charge in [0.2, 0.25) is 0 Å². The zero-order chi connectivity index (χ0) is 11.7. The molecule has 2 N–H and O–H groups in total. The van der Waals surface area contributed by atoms with Crippen molar-refractivity contribution in [1.29, 1.82) is 0 Å². The summed E-state index contributed by atoms with van der Waals surface area (Å²) in [7, 11) is 0. The van der Waals surface area contributed by atoms with Gasteiger partial charge in [-0.1, -0.05) is 0 Å². The van der Waals surface area contributed by atoms with Crippen LogP contribution in [-0.2, 0) is 0 Å². The summed E-state index contributed by atoms with van der Waals surface area (Å²) in [6.07, 6.45) is 0.830. The van der Waals surface area contributed by atoms with E-state index in [9.17, 15) is 9.59 Å². The van der Waals surface area contributed by atoms with Crippen LogP contribution in [0.4, 0.5) is 9.59 Å². The quantitative estimate of drug-likeness (QED) is 0.686. The highest BCUT2D eigenvalue weighted by molar-refractivity contribution is 5.77. The summed E-state index contributed by atoms with van der Waals surface area (Å²) in [5, 5.41) is 11.8. The van der Waals surface area contributed by atoms with Gasteiger partial charge in [0.25, 0.3) is 0 Å². The van der Waals surface area contributed by atoms with E-state index in [0.717, 1.165) is 12.8 Å². The second-order valence-corrected chi connectivity index (χ2v) is 4.53. The lowest BCUT2D eigenvalue weighted by Crippen LogP contribution is -2.50. The zero-order valence-electron chi connectivity index (χ0n) is 9.35. The molecular formula is C10H17N3O3. The van der Waals surface area contributed by atoms with Gasteiger partial charge in [-0.2, -0.15) is 0 Å². The van der Waals surface area contributed by atoms with Crippen LogP contribution in [0.5, 0.6) is 0 Å². The Morgan fingerprint density at radius 3 is 2.81 bits per heavy atom. The minimum atomic E-state index is -0.891. The average Bonchev–Trinajstić information content (AvgIpc) is 2.58. The number of nitrogens with zero attached hydrogens (tertiary/aromatic N) is 2. The Labute approximate surface area is 94.2 Å². The summed E-state index contributed by atoms with van der Waals surface area (Å²) in [5.41, 5.74) is 0. The van der Waals surface area contributed by atoms with Gasteiger partial charge in [-0.3, -0.25) is 0 Å². The van der Waals surface area contributed by atoms with Gasteiger partial charge in [-0.05, 0) is 19.8 Å². The Balaban J connectivity index is 1.99. The molecule has 2 heterocycles. The predicted octanol–water partition coefficient (Wildman–Crippen LogP) is 0.543. The molecule has 16 heavy (non-hydrogen) atoms. The molecule has 2 atom stereocenters. The number of carbonyl (C=O) groups excluding carboxylic acids is 1. The first kappa shape index (κ1) is 11.0. The molecule has 2 saturated heterocycles. The fraction of sp³-hybridized carbons (Fsp3) is 0.800. The van der Waals surface area contributed by atoms with Crippen LogP contribution in [0.3, 0.4) is 0 Å². The lowest BCUT2D eigenvalue weighted by atomic mass is 10.0. The van der Waals surface area contributed by atoms with E-state index in [0.29, 0.717) is 19.6 Å². The van der Waals surface area contributed by atoms with Gasteiger partial charge in [-0.25, -0.2) is 9.59 Å². The summed E-state index contributed by atoms with van der Waals surface area (Å²) in [6.45, 7) is 3.65. The van der Waals surface area contributed by atoms with E-state index in [4.69, 9.17) is 5.11 Å². The lowest BCUT2D eigenvalue weighted by Gasteiger charge is -2.35. The van der Waals surface area contributed by atoms with Crippen LogP contribution in [0, 0.1) is 0 Å². The van der Waals surface area contributed by atoms with Crippen molar-refractivity contribution in [3.63, 3.8) is 0 Å². The second kappa shape index (κ2) is 4.19. The van der Waals surface area contributed by atoms with Gasteiger partial charge >= 0.3 is 12.1 Å². The molecule has 0 aromatic carbocycles. The van der Waals surface area contributed by atoms with E-state index in [-0.39, 0.29) is 18.1 Å². The number of piperidine rings is 1. The molecule has 3 amide bonds. The SMILES string of the molecule is C[C@@H]1CN(C2CCCN(C(=O)O)C2)C(=O)N1. The van der Waals surface area contributed by atoms with Crippen LogP contribution in [0.15, 0.2) is 0 Å². The number of nitrogens with one attached hydrogen (secondary N) is 1. The largest absolute Gasteiger partial charge is 0.465 e. The molecule has 0 aliphatic carbocycles. The van der Waals surface area contributed by atoms with Crippen LogP contribution in [0.1, 0.15) is 19.8 Å². The van der Waals surface area contributed by atoms with Crippen molar-refractivity contribution in [2.24, 2.45) is 0 Å². The highest BCUT2D eigenvalue weighted by Gasteiger charge is 2.35. The summed E-state index contributed by atoms with van der Waals surface area (Å²) in [5.74, 6) is 0. The number of carbonyl (C=O) groups is 2. The van der Waals surface area contributed by atoms with Crippen molar-refractivity contribution < 1.29 is 14.7 Å². The third-order valence-corrected chi connectivity index (χ3v) is 3.21. The van der Waals surface area contributed by atoms with E-state index in [1.807, 2.05) is 6.92 Å². The molecule has 0 bridgehead atoms. The molecule has 0 radical (unpaired) electrons. The van der Waals surface area contributed by atoms with E-state index >= 15 is 0 Å². The van der Waals surface area contributed by atoms with Crippen molar-refractivity contribution >= 4 is 12.1 Å². The van der Waals surface area contributed by atoms with Crippen LogP contribution >= 0.6 is 0 Å². The first-order valence-corrected chi connectivity index (χ1v) is 5.63. The van der Waals surface area contributed by atoms with E-state index in [1.165, 1.54) is 4.90 Å². The van der Waals surface area contributed by atoms with Gasteiger partial charge in [0.1, 0.15) is 0 Å². The number of likely N-dealkylation sites (tertiary alicyclic amines) is 1. The molecule has 0 aromatic rings. The number of amides is 3. The lowest BCUT2D eigenvalue weighted by molar-refractivity contribution is 0.103. The fourth-order valence-corrected chi connectivity index (χ4v) is 2.42. The second-order valence-electron chi connectivity index (χ2n) is 4.53.